The van der Waals surface area contributed by atoms with Gasteiger partial charge in [-0.15, -0.1) is 0 Å². The van der Waals surface area contributed by atoms with Crippen LogP contribution in [-0.4, -0.2) is 65.7 Å². The van der Waals surface area contributed by atoms with E-state index in [4.69, 9.17) is 18.5 Å². The Morgan fingerprint density at radius 2 is 1.68 bits per heavy atom. The highest BCUT2D eigenvalue weighted by Gasteiger charge is 2.54. The predicted octanol–water partition coefficient (Wildman–Crippen LogP) is 6.29. The first-order chi connectivity index (χ1) is 21.3. The Morgan fingerprint density at radius 3 is 2.36 bits per heavy atom. The maximum atomic E-state index is 13.7. The molecule has 44 heavy (non-hydrogen) atoms. The predicted molar refractivity (Wildman–Crippen MR) is 170 cm³/mol. The van der Waals surface area contributed by atoms with Gasteiger partial charge < -0.3 is 33.0 Å². The van der Waals surface area contributed by atoms with Crippen molar-refractivity contribution >= 4 is 57.1 Å². The average molecular weight is 617 g/mol. The Labute approximate surface area is 255 Å². The molecule has 2 aromatic heterocycles. The van der Waals surface area contributed by atoms with Crippen LogP contribution in [0.4, 0.5) is 0 Å². The van der Waals surface area contributed by atoms with Gasteiger partial charge in [0.2, 0.25) is 0 Å². The van der Waals surface area contributed by atoms with E-state index in [0.717, 1.165) is 54.7 Å². The molecule has 5 heterocycles. The van der Waals surface area contributed by atoms with Crippen LogP contribution in [0.1, 0.15) is 49.3 Å². The van der Waals surface area contributed by atoms with Gasteiger partial charge in [-0.1, -0.05) is 36.4 Å². The molecule has 0 unspecified atom stereocenters. The normalized spacial score (nSPS) is 24.7. The summed E-state index contributed by atoms with van der Waals surface area (Å²) in [7, 11) is 0.288. The van der Waals surface area contributed by atoms with Gasteiger partial charge in [-0.3, -0.25) is 14.3 Å². The zero-order valence-corrected chi connectivity index (χ0v) is 26.5. The highest BCUT2D eigenvalue weighted by molar-refractivity contribution is 7.53. The summed E-state index contributed by atoms with van der Waals surface area (Å²) in [5.41, 5.74) is 4.86. The third-order valence-corrected chi connectivity index (χ3v) is 11.9. The second kappa shape index (κ2) is 9.88. The quantitative estimate of drug-likeness (QED) is 0.205. The lowest BCUT2D eigenvalue weighted by Crippen LogP contribution is -2.60. The molecule has 1 saturated heterocycles. The molecule has 1 fully saturated rings. The van der Waals surface area contributed by atoms with Gasteiger partial charge in [-0.25, -0.2) is 0 Å². The number of benzene rings is 3. The van der Waals surface area contributed by atoms with E-state index >= 15 is 0 Å². The van der Waals surface area contributed by atoms with Crippen LogP contribution in [0.3, 0.4) is 0 Å². The molecular weight excluding hydrogens is 579 g/mol. The van der Waals surface area contributed by atoms with Crippen molar-refractivity contribution < 1.29 is 27.9 Å². The summed E-state index contributed by atoms with van der Waals surface area (Å²) < 4.78 is 43.4. The number of aromatic nitrogens is 2. The number of amides is 1. The number of nitrogens with zero attached hydrogens (tertiary/aromatic N) is 3. The summed E-state index contributed by atoms with van der Waals surface area (Å²) in [6.07, 6.45) is -0.167. The minimum Gasteiger partial charge on any atom is -0.375 e. The number of methoxy groups -OCH3 is 1. The van der Waals surface area contributed by atoms with E-state index in [0.29, 0.717) is 26.2 Å². The molecule has 8 rings (SSSR count). The molecule has 5 aromatic rings. The molecule has 10 nitrogen and oxygen atoms in total. The van der Waals surface area contributed by atoms with Crippen LogP contribution in [0, 0.1) is 0 Å². The maximum absolute atomic E-state index is 13.7. The van der Waals surface area contributed by atoms with Crippen molar-refractivity contribution in [2.75, 3.05) is 33.7 Å². The average Bonchev–Trinajstić information content (AvgIpc) is 3.64. The van der Waals surface area contributed by atoms with Crippen molar-refractivity contribution in [3.8, 4) is 0 Å². The molecule has 3 aromatic carbocycles. The summed E-state index contributed by atoms with van der Waals surface area (Å²) in [6.45, 7) is 6.81. The maximum Gasteiger partial charge on any atom is 0.344 e. The Morgan fingerprint density at radius 1 is 1.02 bits per heavy atom. The number of ether oxygens (including phenoxy) is 2. The van der Waals surface area contributed by atoms with E-state index in [1.807, 2.05) is 45.2 Å². The van der Waals surface area contributed by atoms with Gasteiger partial charge >= 0.3 is 7.60 Å². The molecule has 0 saturated carbocycles. The van der Waals surface area contributed by atoms with Gasteiger partial charge in [0.05, 0.1) is 40.8 Å². The zero-order valence-electron chi connectivity index (χ0n) is 25.6. The van der Waals surface area contributed by atoms with Crippen LogP contribution < -0.4 is 5.32 Å². The van der Waals surface area contributed by atoms with Gasteiger partial charge in [-0.05, 0) is 45.5 Å². The fourth-order valence-electron chi connectivity index (χ4n) is 8.33. The van der Waals surface area contributed by atoms with Crippen LogP contribution >= 0.6 is 7.60 Å². The largest absolute Gasteiger partial charge is 0.375 e. The lowest BCUT2D eigenvalue weighted by molar-refractivity contribution is -0.266. The molecule has 0 spiro atoms. The third-order valence-electron chi connectivity index (χ3n) is 9.81. The van der Waals surface area contributed by atoms with Gasteiger partial charge in [-0.2, -0.15) is 0 Å². The Kier molecular flexibility index (Phi) is 6.34. The fraction of sp³-hybridized carbons (Fsp3) is 0.424. The zero-order chi connectivity index (χ0) is 30.5. The number of fused-ring (bicyclic) bond motifs is 13. The van der Waals surface area contributed by atoms with E-state index in [2.05, 4.69) is 50.5 Å². The molecule has 1 N–H and O–H groups in total. The van der Waals surface area contributed by atoms with Crippen molar-refractivity contribution in [1.82, 2.24) is 19.4 Å². The van der Waals surface area contributed by atoms with E-state index in [-0.39, 0.29) is 18.2 Å². The summed E-state index contributed by atoms with van der Waals surface area (Å²) in [6, 6.07) is 16.4. The first-order valence-corrected chi connectivity index (χ1v) is 17.1. The molecule has 3 aliphatic heterocycles. The van der Waals surface area contributed by atoms with E-state index in [1.54, 1.807) is 7.11 Å². The van der Waals surface area contributed by atoms with Crippen LogP contribution in [0.5, 0.6) is 0 Å². The van der Waals surface area contributed by atoms with E-state index < -0.39 is 25.7 Å². The van der Waals surface area contributed by atoms with Crippen molar-refractivity contribution in [2.45, 2.75) is 57.8 Å². The Hall–Kier alpha value is -3.24. The van der Waals surface area contributed by atoms with Crippen LogP contribution in [0.25, 0.3) is 43.6 Å². The first kappa shape index (κ1) is 28.2. The van der Waals surface area contributed by atoms with Gasteiger partial charge in [0.25, 0.3) is 5.91 Å². The standard InChI is InChI=1S/C33H37N4O6P/c1-6-41-44(39,42-7-2)18-35(4)24-16-25-36-22-14-10-8-12-19(22)27-28-21(17-34-32(28)38)26-20-13-9-11-15-23(20)37(30(26)29(27)36)33(3,43-25)31(24)40-5/h8-15,24-25,31H,6-7,16-18H2,1-5H3,(H,34,38)/t24-,25-,31-,33+/m1/s1. The van der Waals surface area contributed by atoms with Crippen LogP contribution in [-0.2, 0) is 35.4 Å². The van der Waals surface area contributed by atoms with Crippen LogP contribution in [0.2, 0.25) is 0 Å². The van der Waals surface area contributed by atoms with Crippen LogP contribution in [0.15, 0.2) is 48.5 Å². The number of nitrogens with one attached hydrogen (secondary N) is 1. The smallest absolute Gasteiger partial charge is 0.344 e. The number of rotatable bonds is 8. The Balaban J connectivity index is 1.47. The summed E-state index contributed by atoms with van der Waals surface area (Å²) in [5.74, 6) is -0.0454. The monoisotopic (exact) mass is 616 g/mol. The molecule has 3 aliphatic rings. The molecule has 230 valence electrons. The van der Waals surface area contributed by atoms with Gasteiger partial charge in [0, 0.05) is 47.7 Å². The van der Waals surface area contributed by atoms with Crippen molar-refractivity contribution in [1.29, 1.82) is 0 Å². The molecule has 4 atom stereocenters. The molecule has 2 bridgehead atoms. The molecule has 1 amide bonds. The summed E-state index contributed by atoms with van der Waals surface area (Å²) >= 11 is 0. The third kappa shape index (κ3) is 3.61. The topological polar surface area (TPSA) is 96.2 Å². The highest BCUT2D eigenvalue weighted by Crippen LogP contribution is 2.55. The van der Waals surface area contributed by atoms with E-state index in [1.165, 1.54) is 0 Å². The number of para-hydroxylation sites is 2. The lowest BCUT2D eigenvalue weighted by atomic mass is 9.92. The summed E-state index contributed by atoms with van der Waals surface area (Å²) in [5, 5.41) is 7.25. The highest BCUT2D eigenvalue weighted by atomic mass is 31.2. The fourth-order valence-corrected chi connectivity index (χ4v) is 10.1. The van der Waals surface area contributed by atoms with E-state index in [9.17, 15) is 9.36 Å². The second-order valence-electron chi connectivity index (χ2n) is 12.2. The number of hydrogen-bond donors (Lipinski definition) is 1. The number of hydrogen-bond acceptors (Lipinski definition) is 7. The Bertz CT molecular complexity index is 2040. The molecular formula is C33H37N4O6P. The number of likely N-dealkylation sites (N-methyl/N-ethyl adjacent to an activating group) is 1. The number of carbonyl (C=O) groups excluding carboxylic acids is 1. The SMILES string of the molecule is CCOP(=O)(CN(C)[C@@H]1C[C@H]2O[C@@](C)([C@@H]1OC)n1c3ccccc3c3c4c(c5c6ccccc6n2c5c31)C(=O)NC4)OCC. The number of carbonyl (C=O) groups is 1. The minimum absolute atomic E-state index is 0.0454. The lowest BCUT2D eigenvalue weighted by Gasteiger charge is -2.50. The van der Waals surface area contributed by atoms with Crippen molar-refractivity contribution in [3.63, 3.8) is 0 Å². The minimum atomic E-state index is -3.39. The second-order valence-corrected chi connectivity index (χ2v) is 14.2. The molecule has 0 aliphatic carbocycles. The van der Waals surface area contributed by atoms with Crippen molar-refractivity contribution in [3.05, 3.63) is 59.7 Å². The molecule has 11 heteroatoms. The summed E-state index contributed by atoms with van der Waals surface area (Å²) in [4.78, 5) is 15.6. The first-order valence-electron chi connectivity index (χ1n) is 15.3. The van der Waals surface area contributed by atoms with Gasteiger partial charge in [0.15, 0.2) is 5.72 Å². The van der Waals surface area contributed by atoms with Crippen molar-refractivity contribution in [2.24, 2.45) is 0 Å². The molecule has 0 radical (unpaired) electrons. The van der Waals surface area contributed by atoms with Gasteiger partial charge in [0.1, 0.15) is 18.6 Å².